The van der Waals surface area contributed by atoms with Crippen LogP contribution in [0.4, 0.5) is 5.69 Å². The van der Waals surface area contributed by atoms with Gasteiger partial charge in [-0.25, -0.2) is 0 Å². The molecule has 90 valence electrons. The van der Waals surface area contributed by atoms with Gasteiger partial charge < -0.3 is 11.2 Å². The number of nitrogens with zero attached hydrogens (tertiary/aromatic N) is 1. The van der Waals surface area contributed by atoms with Crippen LogP contribution in [0.5, 0.6) is 0 Å². The van der Waals surface area contributed by atoms with Gasteiger partial charge in [0.15, 0.2) is 5.78 Å². The number of ketones is 1. The second kappa shape index (κ2) is 6.13. The van der Waals surface area contributed by atoms with Crippen molar-refractivity contribution in [3.05, 3.63) is 52.1 Å². The lowest BCUT2D eigenvalue weighted by molar-refractivity contribution is -0.384. The average Bonchev–Trinajstić information content (AvgIpc) is 2.26. The van der Waals surface area contributed by atoms with Crippen molar-refractivity contribution in [2.75, 3.05) is 0 Å². The quantitative estimate of drug-likeness (QED) is 0.341. The third-order valence-corrected chi connectivity index (χ3v) is 1.76. The van der Waals surface area contributed by atoms with Crippen LogP contribution in [0, 0.1) is 10.1 Å². The summed E-state index contributed by atoms with van der Waals surface area (Å²) in [5, 5.41) is 10.3. The first-order valence-electron chi connectivity index (χ1n) is 4.27. The Morgan fingerprint density at radius 1 is 1.18 bits per heavy atom. The fourth-order valence-corrected chi connectivity index (χ4v) is 1.00. The van der Waals surface area contributed by atoms with Crippen LogP contribution in [0.1, 0.15) is 10.4 Å². The number of nitrogens with two attached hydrogens (primary N) is 1. The Bertz CT molecular complexity index is 464. The van der Waals surface area contributed by atoms with Gasteiger partial charge in [-0.3, -0.25) is 19.7 Å². The van der Waals surface area contributed by atoms with Gasteiger partial charge >= 0.3 is 0 Å². The van der Waals surface area contributed by atoms with Crippen molar-refractivity contribution < 1.29 is 20.0 Å². The molecule has 0 saturated carbocycles. The molecule has 0 bridgehead atoms. The van der Waals surface area contributed by atoms with Crippen molar-refractivity contribution in [2.24, 2.45) is 5.73 Å². The Labute approximate surface area is 96.0 Å². The predicted molar refractivity (Wildman–Crippen MR) is 59.4 cm³/mol. The number of amides is 1. The number of carbonyl (C=O) groups excluding carboxylic acids is 2. The summed E-state index contributed by atoms with van der Waals surface area (Å²) in [5.41, 5.74) is 4.97. The van der Waals surface area contributed by atoms with Crippen LogP contribution in [0.2, 0.25) is 0 Å². The van der Waals surface area contributed by atoms with E-state index in [0.29, 0.717) is 0 Å². The molecule has 1 aromatic carbocycles. The van der Waals surface area contributed by atoms with Gasteiger partial charge in [-0.05, 0) is 18.2 Å². The molecule has 0 fully saturated rings. The number of non-ortho nitro benzene ring substituents is 1. The normalized spacial score (nSPS) is 9.65. The molecule has 0 heterocycles. The molecule has 0 aliphatic heterocycles. The smallest absolute Gasteiger partial charge is 0.269 e. The summed E-state index contributed by atoms with van der Waals surface area (Å²) in [4.78, 5) is 31.5. The number of nitro groups is 1. The highest BCUT2D eigenvalue weighted by Gasteiger charge is 2.07. The molecule has 7 heteroatoms. The van der Waals surface area contributed by atoms with Crippen LogP contribution in [0.15, 0.2) is 36.4 Å². The van der Waals surface area contributed by atoms with Gasteiger partial charge in [0.25, 0.3) is 5.69 Å². The minimum Gasteiger partial charge on any atom is -0.412 e. The van der Waals surface area contributed by atoms with Gasteiger partial charge in [0.05, 0.1) is 4.92 Å². The zero-order chi connectivity index (χ0) is 12.1. The van der Waals surface area contributed by atoms with Crippen molar-refractivity contribution in [2.45, 2.75) is 0 Å². The minimum atomic E-state index is -0.727. The van der Waals surface area contributed by atoms with Crippen molar-refractivity contribution in [3.8, 4) is 0 Å². The molecule has 1 amide bonds. The molecular weight excluding hydrogens is 228 g/mol. The van der Waals surface area contributed by atoms with Gasteiger partial charge in [-0.2, -0.15) is 0 Å². The summed E-state index contributed by atoms with van der Waals surface area (Å²) < 4.78 is 0. The molecule has 0 atom stereocenters. The highest BCUT2D eigenvalue weighted by Crippen LogP contribution is 2.12. The summed E-state index contributed by atoms with van der Waals surface area (Å²) >= 11 is 0. The standard InChI is InChI=1S/C10H8N2O4.H2O/c11-10(14)6-5-9(13)7-1-3-8(4-2-7)12(15)16;/h1-6H,(H2,11,14);1H2/b6-5+;. The van der Waals surface area contributed by atoms with E-state index in [9.17, 15) is 19.7 Å². The number of allylic oxidation sites excluding steroid dienone is 1. The Kier molecular flexibility index (Phi) is 5.22. The van der Waals surface area contributed by atoms with Crippen LogP contribution >= 0.6 is 0 Å². The van der Waals surface area contributed by atoms with Gasteiger partial charge in [0.2, 0.25) is 5.91 Å². The molecule has 0 radical (unpaired) electrons. The van der Waals surface area contributed by atoms with Crippen molar-refractivity contribution in [3.63, 3.8) is 0 Å². The SMILES string of the molecule is NC(=O)/C=C/C(=O)c1ccc([N+](=O)[O-])cc1.O. The number of rotatable bonds is 4. The maximum Gasteiger partial charge on any atom is 0.269 e. The molecule has 4 N–H and O–H groups in total. The van der Waals surface area contributed by atoms with E-state index >= 15 is 0 Å². The van der Waals surface area contributed by atoms with Crippen LogP contribution in [-0.2, 0) is 4.79 Å². The summed E-state index contributed by atoms with van der Waals surface area (Å²) in [5.74, 6) is -1.16. The lowest BCUT2D eigenvalue weighted by Crippen LogP contribution is -2.07. The maximum absolute atomic E-state index is 11.4. The largest absolute Gasteiger partial charge is 0.412 e. The Morgan fingerprint density at radius 3 is 2.12 bits per heavy atom. The highest BCUT2D eigenvalue weighted by atomic mass is 16.6. The minimum absolute atomic E-state index is 0. The van der Waals surface area contributed by atoms with E-state index in [1.165, 1.54) is 24.3 Å². The predicted octanol–water partition coefficient (Wildman–Crippen LogP) is -0.00570. The first-order chi connectivity index (χ1) is 7.50. The fourth-order valence-electron chi connectivity index (χ4n) is 1.00. The Morgan fingerprint density at radius 2 is 1.71 bits per heavy atom. The molecule has 7 nitrogen and oxygen atoms in total. The maximum atomic E-state index is 11.4. The number of hydrogen-bond acceptors (Lipinski definition) is 4. The molecule has 1 rings (SSSR count). The molecule has 0 spiro atoms. The van der Waals surface area contributed by atoms with E-state index in [1.807, 2.05) is 0 Å². The van der Waals surface area contributed by atoms with Gasteiger partial charge in [0.1, 0.15) is 0 Å². The monoisotopic (exact) mass is 238 g/mol. The fraction of sp³-hybridized carbons (Fsp3) is 0. The second-order valence-electron chi connectivity index (χ2n) is 2.90. The topological polar surface area (TPSA) is 135 Å². The lowest BCUT2D eigenvalue weighted by atomic mass is 10.1. The molecule has 0 aromatic heterocycles. The third-order valence-electron chi connectivity index (χ3n) is 1.76. The first kappa shape index (κ1) is 14.5. The molecule has 0 aliphatic carbocycles. The number of nitro benzene ring substituents is 1. The molecule has 1 aromatic rings. The molecule has 0 aliphatic rings. The van der Waals surface area contributed by atoms with Crippen LogP contribution < -0.4 is 5.73 Å². The van der Waals surface area contributed by atoms with Gasteiger partial charge in [0, 0.05) is 23.8 Å². The third kappa shape index (κ3) is 4.22. The van der Waals surface area contributed by atoms with Gasteiger partial charge in [-0.1, -0.05) is 0 Å². The first-order valence-corrected chi connectivity index (χ1v) is 4.27. The van der Waals surface area contributed by atoms with E-state index < -0.39 is 16.6 Å². The number of carbonyl (C=O) groups is 2. The van der Waals surface area contributed by atoms with E-state index in [4.69, 9.17) is 5.73 Å². The van der Waals surface area contributed by atoms with Crippen LogP contribution in [-0.4, -0.2) is 22.1 Å². The molecule has 0 saturated heterocycles. The van der Waals surface area contributed by atoms with Crippen molar-refractivity contribution in [1.29, 1.82) is 0 Å². The van der Waals surface area contributed by atoms with Gasteiger partial charge in [-0.15, -0.1) is 0 Å². The zero-order valence-electron chi connectivity index (χ0n) is 8.62. The summed E-state index contributed by atoms with van der Waals surface area (Å²) in [6.07, 6.45) is 1.95. The molecule has 17 heavy (non-hydrogen) atoms. The molecule has 0 unspecified atom stereocenters. The number of hydrogen-bond donors (Lipinski definition) is 1. The van der Waals surface area contributed by atoms with Crippen LogP contribution in [0.3, 0.4) is 0 Å². The second-order valence-corrected chi connectivity index (χ2v) is 2.90. The Balaban J connectivity index is 0.00000256. The summed E-state index contributed by atoms with van der Waals surface area (Å²) in [7, 11) is 0. The van der Waals surface area contributed by atoms with Crippen molar-refractivity contribution in [1.82, 2.24) is 0 Å². The number of primary amides is 1. The van der Waals surface area contributed by atoms with E-state index in [1.54, 1.807) is 0 Å². The van der Waals surface area contributed by atoms with E-state index in [0.717, 1.165) is 12.2 Å². The molecular formula is C10H10N2O5. The lowest BCUT2D eigenvalue weighted by Gasteiger charge is -1.94. The zero-order valence-corrected chi connectivity index (χ0v) is 8.62. The average molecular weight is 238 g/mol. The van der Waals surface area contributed by atoms with E-state index in [-0.39, 0.29) is 16.7 Å². The number of benzene rings is 1. The Hall–Kier alpha value is -2.54. The van der Waals surface area contributed by atoms with Crippen LogP contribution in [0.25, 0.3) is 0 Å². The summed E-state index contributed by atoms with van der Waals surface area (Å²) in [6.45, 7) is 0. The highest BCUT2D eigenvalue weighted by molar-refractivity contribution is 6.07. The van der Waals surface area contributed by atoms with E-state index in [2.05, 4.69) is 0 Å². The summed E-state index contributed by atoms with van der Waals surface area (Å²) in [6, 6.07) is 5.05. The van der Waals surface area contributed by atoms with Crippen molar-refractivity contribution >= 4 is 17.4 Å².